The Morgan fingerprint density at radius 1 is 1.50 bits per heavy atom. The van der Waals surface area contributed by atoms with E-state index in [9.17, 15) is 10.0 Å². The number of nitrogens with zero attached hydrogens (tertiary/aromatic N) is 2. The van der Waals surface area contributed by atoms with Gasteiger partial charge in [-0.2, -0.15) is 0 Å². The minimum absolute atomic E-state index is 0.313. The molecule has 0 aliphatic carbocycles. The van der Waals surface area contributed by atoms with Crippen molar-refractivity contribution in [2.75, 3.05) is 24.7 Å². The zero-order valence-corrected chi connectivity index (χ0v) is 9.21. The number of aromatic nitrogens is 1. The molecule has 2 heterocycles. The summed E-state index contributed by atoms with van der Waals surface area (Å²) in [6.07, 6.45) is 1.77. The summed E-state index contributed by atoms with van der Waals surface area (Å²) in [5.41, 5.74) is 1.08. The molecule has 1 aliphatic rings. The van der Waals surface area contributed by atoms with Crippen LogP contribution in [-0.4, -0.2) is 47.9 Å². The van der Waals surface area contributed by atoms with Crippen LogP contribution in [0.2, 0.25) is 0 Å². The molecule has 1 aliphatic heterocycles. The van der Waals surface area contributed by atoms with Gasteiger partial charge in [-0.05, 0) is 18.6 Å². The highest BCUT2D eigenvalue weighted by atomic mass is 16.5. The van der Waals surface area contributed by atoms with Crippen molar-refractivity contribution < 1.29 is 14.8 Å². The van der Waals surface area contributed by atoms with Crippen LogP contribution in [0.15, 0.2) is 18.3 Å². The van der Waals surface area contributed by atoms with E-state index in [0.29, 0.717) is 19.8 Å². The van der Waals surface area contributed by atoms with Crippen LogP contribution in [0, 0.1) is 6.92 Å². The van der Waals surface area contributed by atoms with Gasteiger partial charge in [-0.25, -0.2) is 4.98 Å². The molecule has 0 radical (unpaired) electrons. The molecule has 1 aromatic heterocycles. The van der Waals surface area contributed by atoms with E-state index in [0.717, 1.165) is 11.4 Å². The second kappa shape index (κ2) is 4.82. The Bertz CT molecular complexity index is 344. The van der Waals surface area contributed by atoms with Crippen LogP contribution in [0.4, 0.5) is 5.82 Å². The molecule has 0 amide bonds. The quantitative estimate of drug-likeness (QED) is 0.667. The summed E-state index contributed by atoms with van der Waals surface area (Å²) in [5, 5.41) is 18.5. The van der Waals surface area contributed by atoms with Gasteiger partial charge < -0.3 is 19.7 Å². The smallest absolute Gasteiger partial charge is 0.426 e. The van der Waals surface area contributed by atoms with Crippen molar-refractivity contribution in [3.63, 3.8) is 0 Å². The molecule has 0 bridgehead atoms. The van der Waals surface area contributed by atoms with Crippen LogP contribution >= 0.6 is 0 Å². The maximum Gasteiger partial charge on any atom is 0.478 e. The fraction of sp³-hybridized carbons (Fsp3) is 0.500. The topological polar surface area (TPSA) is 65.8 Å². The van der Waals surface area contributed by atoms with Crippen molar-refractivity contribution in [2.45, 2.75) is 12.9 Å². The summed E-state index contributed by atoms with van der Waals surface area (Å²) < 4.78 is 5.23. The molecule has 1 unspecified atom stereocenters. The summed E-state index contributed by atoms with van der Waals surface area (Å²) in [7, 11) is -1.41. The van der Waals surface area contributed by atoms with Gasteiger partial charge in [0.25, 0.3) is 0 Å². The summed E-state index contributed by atoms with van der Waals surface area (Å²) in [6, 6.07) is 3.84. The average Bonchev–Trinajstić information content (AvgIpc) is 2.30. The maximum absolute atomic E-state index is 9.27. The lowest BCUT2D eigenvalue weighted by atomic mass is 9.78. The molecule has 2 rings (SSSR count). The molecule has 0 spiro atoms. The molecule has 0 saturated carbocycles. The Labute approximate surface area is 94.8 Å². The number of morpholine rings is 1. The first-order valence-corrected chi connectivity index (χ1v) is 5.31. The van der Waals surface area contributed by atoms with E-state index in [1.807, 2.05) is 24.0 Å². The van der Waals surface area contributed by atoms with Crippen molar-refractivity contribution >= 4 is 12.9 Å². The van der Waals surface area contributed by atoms with Crippen LogP contribution < -0.4 is 4.90 Å². The van der Waals surface area contributed by atoms with Gasteiger partial charge in [0.15, 0.2) is 0 Å². The Hall–Kier alpha value is -1.11. The molecule has 1 saturated heterocycles. The van der Waals surface area contributed by atoms with Crippen LogP contribution in [0.3, 0.4) is 0 Å². The third-order valence-corrected chi connectivity index (χ3v) is 2.70. The number of aryl methyl sites for hydroxylation is 1. The Kier molecular flexibility index (Phi) is 3.43. The first-order chi connectivity index (χ1) is 7.68. The summed E-state index contributed by atoms with van der Waals surface area (Å²) in [4.78, 5) is 6.15. The van der Waals surface area contributed by atoms with E-state index < -0.39 is 13.1 Å². The molecule has 1 fully saturated rings. The lowest BCUT2D eigenvalue weighted by molar-refractivity contribution is 0.103. The van der Waals surface area contributed by atoms with E-state index in [4.69, 9.17) is 4.74 Å². The number of ether oxygens (including phenoxy) is 1. The van der Waals surface area contributed by atoms with E-state index in [1.165, 1.54) is 0 Å². The van der Waals surface area contributed by atoms with Crippen molar-refractivity contribution in [1.29, 1.82) is 0 Å². The molecule has 1 aromatic rings. The molecule has 86 valence electrons. The van der Waals surface area contributed by atoms with Gasteiger partial charge in [0.05, 0.1) is 19.2 Å². The zero-order valence-electron chi connectivity index (χ0n) is 9.21. The first kappa shape index (κ1) is 11.4. The molecule has 16 heavy (non-hydrogen) atoms. The number of hydrogen-bond donors (Lipinski definition) is 2. The Morgan fingerprint density at radius 2 is 2.31 bits per heavy atom. The second-order valence-electron chi connectivity index (χ2n) is 3.94. The van der Waals surface area contributed by atoms with Crippen LogP contribution in [-0.2, 0) is 4.74 Å². The fourth-order valence-corrected chi connectivity index (χ4v) is 1.78. The normalized spacial score (nSPS) is 20.9. The molecular formula is C10H15BN2O3. The van der Waals surface area contributed by atoms with Gasteiger partial charge in [0.2, 0.25) is 0 Å². The first-order valence-electron chi connectivity index (χ1n) is 5.31. The molecule has 1 atom stereocenters. The summed E-state index contributed by atoms with van der Waals surface area (Å²) in [5.74, 6) is 0.316. The van der Waals surface area contributed by atoms with Gasteiger partial charge in [-0.3, -0.25) is 0 Å². The van der Waals surface area contributed by atoms with E-state index in [2.05, 4.69) is 4.98 Å². The van der Waals surface area contributed by atoms with Crippen LogP contribution in [0.5, 0.6) is 0 Å². The van der Waals surface area contributed by atoms with Gasteiger partial charge >= 0.3 is 7.12 Å². The van der Waals surface area contributed by atoms with Crippen LogP contribution in [0.1, 0.15) is 5.56 Å². The van der Waals surface area contributed by atoms with Crippen molar-refractivity contribution in [2.24, 2.45) is 0 Å². The minimum atomic E-state index is -1.41. The standard InChI is InChI=1S/C10H15BN2O3/c1-8-2-3-10(12-6-8)13-4-5-16-7-9(13)11(14)15/h2-3,6,9,14-15H,4-5,7H2,1H3. The van der Waals surface area contributed by atoms with Gasteiger partial charge in [-0.1, -0.05) is 6.07 Å². The number of pyridine rings is 1. The summed E-state index contributed by atoms with van der Waals surface area (Å²) >= 11 is 0. The average molecular weight is 222 g/mol. The Morgan fingerprint density at radius 3 is 2.94 bits per heavy atom. The second-order valence-corrected chi connectivity index (χ2v) is 3.94. The largest absolute Gasteiger partial charge is 0.478 e. The maximum atomic E-state index is 9.27. The van der Waals surface area contributed by atoms with Gasteiger partial charge in [0.1, 0.15) is 5.82 Å². The van der Waals surface area contributed by atoms with E-state index in [-0.39, 0.29) is 0 Å². The molecular weight excluding hydrogens is 207 g/mol. The molecule has 2 N–H and O–H groups in total. The predicted molar refractivity (Wildman–Crippen MR) is 61.1 cm³/mol. The Balaban J connectivity index is 2.19. The predicted octanol–water partition coefficient (Wildman–Crippen LogP) is -0.393. The zero-order chi connectivity index (χ0) is 11.5. The summed E-state index contributed by atoms with van der Waals surface area (Å²) in [6.45, 7) is 3.48. The number of anilines is 1. The SMILES string of the molecule is Cc1ccc(N2CCOCC2B(O)O)nc1. The molecule has 6 heteroatoms. The lowest BCUT2D eigenvalue weighted by Gasteiger charge is -2.35. The van der Waals surface area contributed by atoms with Gasteiger partial charge in [-0.15, -0.1) is 0 Å². The third-order valence-electron chi connectivity index (χ3n) is 2.70. The molecule has 5 nitrogen and oxygen atoms in total. The van der Waals surface area contributed by atoms with Crippen LogP contribution in [0.25, 0.3) is 0 Å². The van der Waals surface area contributed by atoms with Crippen molar-refractivity contribution in [3.8, 4) is 0 Å². The van der Waals surface area contributed by atoms with E-state index in [1.54, 1.807) is 6.20 Å². The molecule has 0 aromatic carbocycles. The highest BCUT2D eigenvalue weighted by Crippen LogP contribution is 2.17. The van der Waals surface area contributed by atoms with E-state index >= 15 is 0 Å². The number of hydrogen-bond acceptors (Lipinski definition) is 5. The minimum Gasteiger partial charge on any atom is -0.426 e. The fourth-order valence-electron chi connectivity index (χ4n) is 1.78. The van der Waals surface area contributed by atoms with Crippen molar-refractivity contribution in [3.05, 3.63) is 23.9 Å². The third kappa shape index (κ3) is 2.34. The van der Waals surface area contributed by atoms with Crippen molar-refractivity contribution in [1.82, 2.24) is 4.98 Å². The monoisotopic (exact) mass is 222 g/mol. The van der Waals surface area contributed by atoms with Gasteiger partial charge in [0, 0.05) is 12.7 Å². The highest BCUT2D eigenvalue weighted by Gasteiger charge is 2.33. The highest BCUT2D eigenvalue weighted by molar-refractivity contribution is 6.44. The lowest BCUT2D eigenvalue weighted by Crippen LogP contribution is -2.54. The number of rotatable bonds is 2.